The maximum Gasteiger partial charge on any atom is 0.325 e. The first-order valence-electron chi connectivity index (χ1n) is 11.5. The van der Waals surface area contributed by atoms with E-state index in [0.717, 1.165) is 29.3 Å². The molecule has 8 nitrogen and oxygen atoms in total. The molecule has 182 valence electrons. The Hall–Kier alpha value is -3.59. The van der Waals surface area contributed by atoms with Gasteiger partial charge in [-0.25, -0.2) is 4.79 Å². The molecule has 2 aliphatic rings. The van der Waals surface area contributed by atoms with Crippen LogP contribution in [0.15, 0.2) is 41.8 Å². The number of Topliss-reactive ketones (excluding diaryl/α,β-unsaturated/α-hetero) is 1. The maximum atomic E-state index is 13.4. The van der Waals surface area contributed by atoms with Crippen LogP contribution in [0.2, 0.25) is 0 Å². The predicted octanol–water partition coefficient (Wildman–Crippen LogP) is 3.83. The monoisotopic (exact) mass is 493 g/mol. The van der Waals surface area contributed by atoms with Gasteiger partial charge in [-0.15, -0.1) is 11.3 Å². The summed E-state index contributed by atoms with van der Waals surface area (Å²) >= 11 is 1.71. The van der Waals surface area contributed by atoms with Crippen LogP contribution in [0, 0.1) is 13.8 Å². The second-order valence-corrected chi connectivity index (χ2v) is 10.0. The number of imide groups is 1. The number of rotatable bonds is 7. The summed E-state index contributed by atoms with van der Waals surface area (Å²) in [5.74, 6) is 0.387. The van der Waals surface area contributed by atoms with E-state index in [1.165, 1.54) is 4.88 Å². The second kappa shape index (κ2) is 8.88. The lowest BCUT2D eigenvalue weighted by Gasteiger charge is -2.25. The van der Waals surface area contributed by atoms with Gasteiger partial charge in [0.25, 0.3) is 5.91 Å². The van der Waals surface area contributed by atoms with Gasteiger partial charge in [0, 0.05) is 28.4 Å². The lowest BCUT2D eigenvalue weighted by molar-refractivity contribution is -0.130. The average Bonchev–Trinajstić information content (AvgIpc) is 3.52. The van der Waals surface area contributed by atoms with E-state index >= 15 is 0 Å². The number of urea groups is 1. The van der Waals surface area contributed by atoms with Gasteiger partial charge in [0.15, 0.2) is 17.3 Å². The summed E-state index contributed by atoms with van der Waals surface area (Å²) in [4.78, 5) is 41.7. The molecule has 0 aliphatic carbocycles. The molecule has 3 aromatic rings. The molecule has 5 rings (SSSR count). The Morgan fingerprint density at radius 3 is 2.63 bits per heavy atom. The standard InChI is InChI=1S/C26H27N3O5S/c1-16-13-20(17(2)28(16)9-8-19-5-4-12-35-19)21(30)15-29-24(31)26(3,27-25(29)32)18-6-7-22-23(14-18)34-11-10-33-22/h4-7,12-14H,8-11,15H2,1-3H3,(H,27,32)/t26-/m1/s1. The first-order chi connectivity index (χ1) is 16.8. The number of carbonyl (C=O) groups is 3. The number of fused-ring (bicyclic) bond motifs is 1. The number of amides is 3. The Morgan fingerprint density at radius 2 is 1.89 bits per heavy atom. The minimum Gasteiger partial charge on any atom is -0.486 e. The van der Waals surface area contributed by atoms with Crippen LogP contribution in [0.25, 0.3) is 0 Å². The van der Waals surface area contributed by atoms with Crippen LogP contribution >= 0.6 is 11.3 Å². The van der Waals surface area contributed by atoms with Gasteiger partial charge in [-0.3, -0.25) is 14.5 Å². The van der Waals surface area contributed by atoms with Crippen LogP contribution in [0.4, 0.5) is 4.79 Å². The van der Waals surface area contributed by atoms with Gasteiger partial charge in [-0.2, -0.15) is 0 Å². The molecule has 2 aliphatic heterocycles. The van der Waals surface area contributed by atoms with Gasteiger partial charge in [-0.05, 0) is 62.4 Å². The van der Waals surface area contributed by atoms with Gasteiger partial charge >= 0.3 is 6.03 Å². The third-order valence-electron chi connectivity index (χ3n) is 6.73. The quantitative estimate of drug-likeness (QED) is 0.399. The number of aryl methyl sites for hydroxylation is 2. The van der Waals surface area contributed by atoms with E-state index in [2.05, 4.69) is 21.3 Å². The van der Waals surface area contributed by atoms with Crippen molar-refractivity contribution in [2.75, 3.05) is 19.8 Å². The number of ketones is 1. The Bertz CT molecular complexity index is 1310. The molecule has 0 unspecified atom stereocenters. The first kappa shape index (κ1) is 23.2. The lowest BCUT2D eigenvalue weighted by Crippen LogP contribution is -2.41. The molecule has 0 bridgehead atoms. The lowest BCUT2D eigenvalue weighted by atomic mass is 9.91. The highest BCUT2D eigenvalue weighted by atomic mass is 32.1. The summed E-state index contributed by atoms with van der Waals surface area (Å²) in [5, 5.41) is 4.81. The number of carbonyl (C=O) groups excluding carboxylic acids is 3. The fraction of sp³-hybridized carbons (Fsp3) is 0.346. The van der Waals surface area contributed by atoms with Gasteiger partial charge in [0.1, 0.15) is 18.8 Å². The normalized spacial score (nSPS) is 19.2. The molecular weight excluding hydrogens is 466 g/mol. The van der Waals surface area contributed by atoms with E-state index < -0.39 is 17.5 Å². The van der Waals surface area contributed by atoms with Crippen molar-refractivity contribution in [3.63, 3.8) is 0 Å². The molecule has 9 heteroatoms. The van der Waals surface area contributed by atoms with Crippen molar-refractivity contribution < 1.29 is 23.9 Å². The summed E-state index contributed by atoms with van der Waals surface area (Å²) in [6.07, 6.45) is 0.878. The Balaban J connectivity index is 1.33. The van der Waals surface area contributed by atoms with Crippen LogP contribution in [-0.4, -0.2) is 46.9 Å². The number of nitrogens with zero attached hydrogens (tertiary/aromatic N) is 2. The van der Waals surface area contributed by atoms with Crippen LogP contribution in [0.3, 0.4) is 0 Å². The number of thiophene rings is 1. The molecule has 35 heavy (non-hydrogen) atoms. The zero-order chi connectivity index (χ0) is 24.7. The fourth-order valence-electron chi connectivity index (χ4n) is 4.72. The van der Waals surface area contributed by atoms with Gasteiger partial charge < -0.3 is 19.4 Å². The highest BCUT2D eigenvalue weighted by Crippen LogP contribution is 2.37. The zero-order valence-corrected chi connectivity index (χ0v) is 20.7. The molecule has 0 radical (unpaired) electrons. The van der Waals surface area contributed by atoms with E-state index in [4.69, 9.17) is 9.47 Å². The molecule has 0 saturated carbocycles. The fourth-order valence-corrected chi connectivity index (χ4v) is 5.42. The third-order valence-corrected chi connectivity index (χ3v) is 7.67. The van der Waals surface area contributed by atoms with Gasteiger partial charge in [0.2, 0.25) is 0 Å². The number of ether oxygens (including phenoxy) is 2. The van der Waals surface area contributed by atoms with Crippen LogP contribution in [-0.2, 0) is 23.3 Å². The minimum absolute atomic E-state index is 0.268. The van der Waals surface area contributed by atoms with Crippen LogP contribution < -0.4 is 14.8 Å². The molecule has 1 saturated heterocycles. The molecule has 1 N–H and O–H groups in total. The van der Waals surface area contributed by atoms with Crippen LogP contribution in [0.5, 0.6) is 11.5 Å². The minimum atomic E-state index is -1.30. The molecule has 3 amide bonds. The Kier molecular flexibility index (Phi) is 5.88. The zero-order valence-electron chi connectivity index (χ0n) is 19.9. The largest absolute Gasteiger partial charge is 0.486 e. The average molecular weight is 494 g/mol. The van der Waals surface area contributed by atoms with Crippen molar-refractivity contribution >= 4 is 29.1 Å². The molecule has 1 aromatic carbocycles. The molecule has 1 fully saturated rings. The molecule has 1 atom stereocenters. The first-order valence-corrected chi connectivity index (χ1v) is 12.4. The number of hydrogen-bond donors (Lipinski definition) is 1. The van der Waals surface area contributed by atoms with Crippen molar-refractivity contribution in [2.24, 2.45) is 0 Å². The van der Waals surface area contributed by atoms with Crippen molar-refractivity contribution in [1.82, 2.24) is 14.8 Å². The predicted molar refractivity (Wildman–Crippen MR) is 131 cm³/mol. The highest BCUT2D eigenvalue weighted by Gasteiger charge is 2.50. The molecular formula is C26H27N3O5S. The highest BCUT2D eigenvalue weighted by molar-refractivity contribution is 7.09. The van der Waals surface area contributed by atoms with E-state index in [1.54, 1.807) is 36.5 Å². The summed E-state index contributed by atoms with van der Waals surface area (Å²) in [6, 6.07) is 10.5. The SMILES string of the molecule is Cc1cc(C(=O)CN2C(=O)N[C@](C)(c3ccc4c(c3)OCCO4)C2=O)c(C)n1CCc1cccs1. The molecule has 2 aromatic heterocycles. The molecule has 0 spiro atoms. The van der Waals surface area contributed by atoms with E-state index in [-0.39, 0.29) is 12.3 Å². The maximum absolute atomic E-state index is 13.4. The van der Waals surface area contributed by atoms with E-state index in [9.17, 15) is 14.4 Å². The summed E-state index contributed by atoms with van der Waals surface area (Å²) in [7, 11) is 0. The number of hydrogen-bond acceptors (Lipinski definition) is 6. The van der Waals surface area contributed by atoms with Crippen molar-refractivity contribution in [3.8, 4) is 11.5 Å². The number of benzene rings is 1. The summed E-state index contributed by atoms with van der Waals surface area (Å²) < 4.78 is 13.3. The number of aromatic nitrogens is 1. The van der Waals surface area contributed by atoms with Crippen molar-refractivity contribution in [3.05, 3.63) is 69.2 Å². The van der Waals surface area contributed by atoms with E-state index in [1.807, 2.05) is 26.0 Å². The second-order valence-electron chi connectivity index (χ2n) is 8.99. The topological polar surface area (TPSA) is 89.9 Å². The Labute approximate surface area is 207 Å². The summed E-state index contributed by atoms with van der Waals surface area (Å²) in [6.45, 7) is 6.82. The number of nitrogens with one attached hydrogen (secondary N) is 1. The molecule has 4 heterocycles. The smallest absolute Gasteiger partial charge is 0.325 e. The third kappa shape index (κ3) is 4.10. The van der Waals surface area contributed by atoms with Crippen molar-refractivity contribution in [2.45, 2.75) is 39.3 Å². The van der Waals surface area contributed by atoms with Gasteiger partial charge in [-0.1, -0.05) is 12.1 Å². The van der Waals surface area contributed by atoms with Gasteiger partial charge in [0.05, 0.1) is 6.54 Å². The van der Waals surface area contributed by atoms with Crippen LogP contribution in [0.1, 0.15) is 39.1 Å². The van der Waals surface area contributed by atoms with E-state index in [0.29, 0.717) is 35.8 Å². The Morgan fingerprint density at radius 1 is 1.11 bits per heavy atom. The van der Waals surface area contributed by atoms with Crippen molar-refractivity contribution in [1.29, 1.82) is 0 Å². The summed E-state index contributed by atoms with van der Waals surface area (Å²) in [5.41, 5.74) is 1.61.